The first-order chi connectivity index (χ1) is 26.4. The molecule has 3 rings (SSSR count). The molecule has 3 aromatic carbocycles. The summed E-state index contributed by atoms with van der Waals surface area (Å²) in [6, 6.07) is 2.26. The van der Waals surface area contributed by atoms with Crippen LogP contribution in [0.4, 0.5) is 0 Å². The quantitative estimate of drug-likeness (QED) is 0.0180. The first kappa shape index (κ1) is 46.7. The molecule has 0 fully saturated rings. The van der Waals surface area contributed by atoms with Gasteiger partial charge in [0, 0.05) is 5.56 Å². The fourth-order valence-electron chi connectivity index (χ4n) is 5.06. The summed E-state index contributed by atoms with van der Waals surface area (Å²) < 4.78 is 23.4. The number of carbonyl (C=O) groups excluding carboxylic acids is 2. The molecule has 0 radical (unpaired) electrons. The molecule has 3 aromatic rings. The molecule has 0 saturated carbocycles. The second kappa shape index (κ2) is 16.6. The van der Waals surface area contributed by atoms with E-state index in [4.69, 9.17) is 9.47 Å². The maximum Gasteiger partial charge on any atom is 0.391 e. The molecule has 0 aliphatic rings. The summed E-state index contributed by atoms with van der Waals surface area (Å²) >= 11 is -2.67. The van der Waals surface area contributed by atoms with Gasteiger partial charge in [-0.3, -0.25) is 9.59 Å². The molecule has 1 amide bonds. The van der Waals surface area contributed by atoms with Crippen molar-refractivity contribution in [2.24, 2.45) is 0 Å². The third kappa shape index (κ3) is 9.52. The largest absolute Gasteiger partial charge is 0.615 e. The molecular formula is C32H38B2N2O21S. The van der Waals surface area contributed by atoms with E-state index in [9.17, 15) is 95.8 Å². The minimum atomic E-state index is -3.52. The first-order valence-electron chi connectivity index (χ1n) is 16.1. The van der Waals surface area contributed by atoms with Gasteiger partial charge in [-0.1, -0.05) is 11.8 Å². The van der Waals surface area contributed by atoms with E-state index in [1.807, 2.05) is 22.5 Å². The first-order valence-corrected chi connectivity index (χ1v) is 17.4. The van der Waals surface area contributed by atoms with Gasteiger partial charge in [-0.2, -0.15) is 0 Å². The zero-order chi connectivity index (χ0) is 44.6. The normalized spacial score (nSPS) is 14.6. The van der Waals surface area contributed by atoms with Crippen LogP contribution >= 0.6 is 0 Å². The highest BCUT2D eigenvalue weighted by Gasteiger charge is 2.49. The highest BCUT2D eigenvalue weighted by atomic mass is 32.2. The van der Waals surface area contributed by atoms with Crippen LogP contribution in [0.3, 0.4) is 0 Å². The number of nitrogens with one attached hydrogen (secondary N) is 2. The predicted molar refractivity (Wildman–Crippen MR) is 197 cm³/mol. The van der Waals surface area contributed by atoms with Gasteiger partial charge >= 0.3 is 6.10 Å². The molecule has 0 bridgehead atoms. The summed E-state index contributed by atoms with van der Waals surface area (Å²) in [4.78, 5) is 25.8. The van der Waals surface area contributed by atoms with Crippen molar-refractivity contribution in [1.82, 2.24) is 10.6 Å². The van der Waals surface area contributed by atoms with Crippen molar-refractivity contribution in [3.8, 4) is 75.1 Å². The predicted octanol–water partition coefficient (Wildman–Crippen LogP) is -5.37. The number of benzene rings is 3. The number of Topliss-reactive ketones (excluding diaryl/α,β-unsaturated/α-hetero) is 1. The maximum atomic E-state index is 13.7. The molecule has 0 aromatic heterocycles. The number of aromatic hydroxyl groups is 9. The van der Waals surface area contributed by atoms with E-state index in [1.165, 1.54) is 0 Å². The van der Waals surface area contributed by atoms with E-state index in [2.05, 4.69) is 0 Å². The van der Waals surface area contributed by atoms with Crippen molar-refractivity contribution in [3.05, 3.63) is 40.5 Å². The van der Waals surface area contributed by atoms with Gasteiger partial charge in [-0.25, -0.2) is 5.32 Å². The molecule has 4 unspecified atom stereocenters. The Morgan fingerprint density at radius 1 is 0.759 bits per heavy atom. The third-order valence-electron chi connectivity index (χ3n) is 8.26. The smallest absolute Gasteiger partial charge is 0.391 e. The van der Waals surface area contributed by atoms with Gasteiger partial charge in [0.2, 0.25) is 36.8 Å². The van der Waals surface area contributed by atoms with Crippen molar-refractivity contribution < 1.29 is 105 Å². The number of phenols is 9. The number of rotatable bonds is 14. The van der Waals surface area contributed by atoms with Crippen molar-refractivity contribution in [3.63, 3.8) is 0 Å². The van der Waals surface area contributed by atoms with Crippen LogP contribution in [0.5, 0.6) is 63.2 Å². The minimum Gasteiger partial charge on any atom is -0.615 e. The lowest BCUT2D eigenvalue weighted by Crippen LogP contribution is -2.64. The summed E-state index contributed by atoms with van der Waals surface area (Å²) in [5.41, 5.74) is -6.65. The number of ether oxygens (including phenoxy) is 2. The highest BCUT2D eigenvalue weighted by Crippen LogP contribution is 2.52. The molecule has 26 heteroatoms. The Hall–Kier alpha value is -5.72. The summed E-state index contributed by atoms with van der Waals surface area (Å²) in [5, 5.41) is 164. The van der Waals surface area contributed by atoms with E-state index in [1.54, 1.807) is 0 Å². The molecule has 0 aliphatic heterocycles. The van der Waals surface area contributed by atoms with Gasteiger partial charge in [-0.05, 0) is 50.3 Å². The van der Waals surface area contributed by atoms with Gasteiger partial charge in [0.15, 0.2) is 70.5 Å². The summed E-state index contributed by atoms with van der Waals surface area (Å²) in [6.07, 6.45) is -4.14. The Labute approximate surface area is 330 Å². The Kier molecular flexibility index (Phi) is 13.4. The zero-order valence-corrected chi connectivity index (χ0v) is 31.5. The molecule has 0 spiro atoms. The van der Waals surface area contributed by atoms with E-state index in [-0.39, 0.29) is 0 Å². The van der Waals surface area contributed by atoms with Gasteiger partial charge in [-0.15, -0.1) is 0 Å². The van der Waals surface area contributed by atoms with Crippen LogP contribution < -0.4 is 20.1 Å². The number of amides is 1. The topological polar surface area (TPSA) is 423 Å². The van der Waals surface area contributed by atoms with Gasteiger partial charge < -0.3 is 101 Å². The lowest BCUT2D eigenvalue weighted by Gasteiger charge is -2.38. The molecule has 314 valence electrons. The van der Waals surface area contributed by atoms with E-state index >= 15 is 0 Å². The van der Waals surface area contributed by atoms with Crippen LogP contribution in [-0.2, 0) is 26.6 Å². The Balaban J connectivity index is 1.94. The molecule has 23 nitrogen and oxygen atoms in total. The van der Waals surface area contributed by atoms with Crippen molar-refractivity contribution >= 4 is 38.6 Å². The number of phenolic OH excluding ortho intramolecular Hbond substituents is 9. The molecular weight excluding hydrogens is 802 g/mol. The second-order valence-corrected chi connectivity index (χ2v) is 14.7. The molecule has 4 atom stereocenters. The number of hydrogen-bond acceptors (Lipinski definition) is 22. The van der Waals surface area contributed by atoms with Crippen molar-refractivity contribution in [1.29, 1.82) is 0 Å². The molecule has 0 aliphatic carbocycles. The highest BCUT2D eigenvalue weighted by molar-refractivity contribution is 7.93. The fraction of sp³-hybridized carbons (Fsp3) is 0.312. The van der Waals surface area contributed by atoms with Crippen LogP contribution in [0.1, 0.15) is 47.8 Å². The van der Waals surface area contributed by atoms with Gasteiger partial charge in [0.25, 0.3) is 5.87 Å². The van der Waals surface area contributed by atoms with Crippen LogP contribution in [0, 0.1) is 11.8 Å². The average molecular weight is 840 g/mol. The van der Waals surface area contributed by atoms with Gasteiger partial charge in [0.05, 0.1) is 12.0 Å². The number of ketones is 1. The Morgan fingerprint density at radius 3 is 1.64 bits per heavy atom. The fourth-order valence-corrected chi connectivity index (χ4v) is 6.65. The summed E-state index contributed by atoms with van der Waals surface area (Å²) in [7, 11) is 2.43. The molecule has 0 heterocycles. The summed E-state index contributed by atoms with van der Waals surface area (Å²) in [6.45, 7) is 1.90. The van der Waals surface area contributed by atoms with Crippen LogP contribution in [0.15, 0.2) is 18.2 Å². The van der Waals surface area contributed by atoms with Gasteiger partial charge in [0.1, 0.15) is 16.4 Å². The Bertz CT molecular complexity index is 2110. The monoisotopic (exact) mass is 840 g/mol. The summed E-state index contributed by atoms with van der Waals surface area (Å²) in [5.74, 6) is -17.9. The van der Waals surface area contributed by atoms with E-state index in [0.717, 1.165) is 33.0 Å². The zero-order valence-electron chi connectivity index (χ0n) is 30.7. The van der Waals surface area contributed by atoms with E-state index in [0.29, 0.717) is 21.8 Å². The third-order valence-corrected chi connectivity index (χ3v) is 10.3. The maximum absolute atomic E-state index is 13.7. The number of aliphatic hydroxyl groups is 7. The second-order valence-electron chi connectivity index (χ2n) is 12.8. The molecule has 0 saturated heterocycles. The Morgan fingerprint density at radius 2 is 1.21 bits per heavy atom. The van der Waals surface area contributed by atoms with E-state index < -0.39 is 149 Å². The number of hydrogen-bond donors (Lipinski definition) is 18. The lowest BCUT2D eigenvalue weighted by molar-refractivity contribution is -0.310. The SMILES string of the molecule is BC(O)(O)Oc1cc(C(O)(O)C(B)(O)NC(=O)CC(C(C)=O)[S+]([O-])C(C)c2c(O)c(O)c(C#Cc3c(O)c(O)c(O)c(O)c3O)c(O)c2O)ccc1OC(O)(O)NC. The van der Waals surface area contributed by atoms with Crippen LogP contribution in [0.2, 0.25) is 0 Å². The standard InChI is InChI=1S/C32H38B2N2O21S/c1-10(37)17(9-18(38)36-30(33,50)29(48,49)12-4-7-15(57-32(53,54)35-3)16(8-12)56-31(34,51)52)58(55)11(2)19-24(43)20(39)13(21(40)25(19)44)5-6-14-22(41)26(45)28(47)27(46)23(14)42/h4,7-8,11,17,35,39-54H,9,33-34H2,1-3H3,(H,36,38). The number of carbonyl (C=O) groups is 2. The van der Waals surface area contributed by atoms with Crippen molar-refractivity contribution in [2.45, 2.75) is 54.1 Å². The van der Waals surface area contributed by atoms with Crippen LogP contribution in [-0.4, -0.2) is 144 Å². The van der Waals surface area contributed by atoms with Crippen LogP contribution in [0.25, 0.3) is 0 Å². The van der Waals surface area contributed by atoms with Crippen molar-refractivity contribution in [2.75, 3.05) is 7.05 Å². The average Bonchev–Trinajstić information content (AvgIpc) is 3.11. The minimum absolute atomic E-state index is 0.629. The molecule has 18 N–H and O–H groups in total. The lowest BCUT2D eigenvalue weighted by atomic mass is 9.78. The molecule has 58 heavy (non-hydrogen) atoms.